The van der Waals surface area contributed by atoms with E-state index in [1.54, 1.807) is 6.07 Å². The van der Waals surface area contributed by atoms with Gasteiger partial charge in [0.1, 0.15) is 5.82 Å². The summed E-state index contributed by atoms with van der Waals surface area (Å²) < 4.78 is 13.1. The highest BCUT2D eigenvalue weighted by Gasteiger charge is 2.42. The molecule has 0 atom stereocenters. The first-order valence-corrected chi connectivity index (χ1v) is 4.61. The molecule has 0 saturated heterocycles. The van der Waals surface area contributed by atoms with Crippen LogP contribution < -0.4 is 0 Å². The van der Waals surface area contributed by atoms with Crippen LogP contribution in [0.15, 0.2) is 24.3 Å². The monoisotopic (exact) mass is 194 g/mol. The lowest BCUT2D eigenvalue weighted by Gasteiger charge is -2.06. The second-order valence-electron chi connectivity index (χ2n) is 3.80. The van der Waals surface area contributed by atoms with Gasteiger partial charge in [-0.25, -0.2) is 4.39 Å². The Kier molecular flexibility index (Phi) is 2.11. The molecule has 0 radical (unpaired) electrons. The van der Waals surface area contributed by atoms with Crippen LogP contribution in [0.5, 0.6) is 0 Å². The van der Waals surface area contributed by atoms with Crippen molar-refractivity contribution in [2.45, 2.75) is 24.9 Å². The van der Waals surface area contributed by atoms with E-state index in [1.165, 1.54) is 18.2 Å². The number of aliphatic hydroxyl groups is 1. The third kappa shape index (κ3) is 1.82. The fraction of sp³-hybridized carbons (Fsp3) is 0.364. The van der Waals surface area contributed by atoms with Crippen LogP contribution in [0.25, 0.3) is 0 Å². The molecule has 1 fully saturated rings. The van der Waals surface area contributed by atoms with Crippen LogP contribution in [0.2, 0.25) is 0 Å². The average molecular weight is 194 g/mol. The molecule has 14 heavy (non-hydrogen) atoms. The molecule has 1 aliphatic carbocycles. The van der Waals surface area contributed by atoms with Crippen LogP contribution in [0.3, 0.4) is 0 Å². The van der Waals surface area contributed by atoms with Crippen molar-refractivity contribution in [3.05, 3.63) is 35.6 Å². The minimum Gasteiger partial charge on any atom is -0.389 e. The Hall–Kier alpha value is -1.22. The predicted octanol–water partition coefficient (Wildman–Crippen LogP) is 1.92. The highest BCUT2D eigenvalue weighted by molar-refractivity contribution is 5.97. The second kappa shape index (κ2) is 3.17. The molecule has 1 saturated carbocycles. The van der Waals surface area contributed by atoms with E-state index in [4.69, 9.17) is 0 Å². The van der Waals surface area contributed by atoms with E-state index in [0.717, 1.165) is 0 Å². The van der Waals surface area contributed by atoms with Crippen LogP contribution >= 0.6 is 0 Å². The maximum atomic E-state index is 13.1. The summed E-state index contributed by atoms with van der Waals surface area (Å²) in [5.41, 5.74) is -0.771. The van der Waals surface area contributed by atoms with E-state index >= 15 is 0 Å². The van der Waals surface area contributed by atoms with Crippen LogP contribution in [0.4, 0.5) is 4.39 Å². The van der Waals surface area contributed by atoms with Gasteiger partial charge >= 0.3 is 0 Å². The number of carbonyl (C=O) groups is 1. The molecule has 2 nitrogen and oxygen atoms in total. The Morgan fingerprint density at radius 3 is 2.64 bits per heavy atom. The summed E-state index contributed by atoms with van der Waals surface area (Å²) in [7, 11) is 0. The van der Waals surface area contributed by atoms with Crippen molar-refractivity contribution in [1.82, 2.24) is 0 Å². The van der Waals surface area contributed by atoms with E-state index in [2.05, 4.69) is 0 Å². The smallest absolute Gasteiger partial charge is 0.168 e. The van der Waals surface area contributed by atoms with Crippen molar-refractivity contribution in [2.75, 3.05) is 0 Å². The minimum absolute atomic E-state index is 0.0356. The molecule has 1 N–H and O–H groups in total. The maximum absolute atomic E-state index is 13.1. The molecule has 0 bridgehead atoms. The van der Waals surface area contributed by atoms with E-state index in [9.17, 15) is 14.3 Å². The zero-order valence-electron chi connectivity index (χ0n) is 7.66. The first-order chi connectivity index (χ1) is 6.61. The summed E-state index contributed by atoms with van der Waals surface area (Å²) in [6.07, 6.45) is 1.33. The number of carbonyl (C=O) groups excluding carboxylic acids is 1. The molecule has 1 aliphatic rings. The standard InChI is InChI=1S/C11H11FO2/c12-9-4-2-1-3-8(9)10(13)7-11(14)5-6-11/h1-4,14H,5-7H2. The summed E-state index contributed by atoms with van der Waals surface area (Å²) >= 11 is 0. The summed E-state index contributed by atoms with van der Waals surface area (Å²) in [5.74, 6) is -0.829. The largest absolute Gasteiger partial charge is 0.389 e. The Morgan fingerprint density at radius 2 is 2.07 bits per heavy atom. The first kappa shape index (κ1) is 9.34. The fourth-order valence-corrected chi connectivity index (χ4v) is 1.40. The van der Waals surface area contributed by atoms with Gasteiger partial charge in [-0.15, -0.1) is 0 Å². The molecule has 2 rings (SSSR count). The van der Waals surface area contributed by atoms with Gasteiger partial charge in [-0.3, -0.25) is 4.79 Å². The van der Waals surface area contributed by atoms with Gasteiger partial charge in [0.25, 0.3) is 0 Å². The molecule has 0 spiro atoms. The summed E-state index contributed by atoms with van der Waals surface area (Å²) in [6.45, 7) is 0. The quantitative estimate of drug-likeness (QED) is 0.746. The zero-order valence-corrected chi connectivity index (χ0v) is 7.66. The Balaban J connectivity index is 2.15. The Morgan fingerprint density at radius 1 is 1.43 bits per heavy atom. The molecule has 1 aromatic carbocycles. The first-order valence-electron chi connectivity index (χ1n) is 4.61. The van der Waals surface area contributed by atoms with Gasteiger partial charge in [0.2, 0.25) is 0 Å². The van der Waals surface area contributed by atoms with Crippen LogP contribution in [0, 0.1) is 5.82 Å². The molecule has 3 heteroatoms. The number of hydrogen-bond acceptors (Lipinski definition) is 2. The average Bonchev–Trinajstić information content (AvgIpc) is 2.84. The van der Waals surface area contributed by atoms with Gasteiger partial charge in [-0.2, -0.15) is 0 Å². The van der Waals surface area contributed by atoms with Crippen LogP contribution in [-0.2, 0) is 0 Å². The van der Waals surface area contributed by atoms with Crippen molar-refractivity contribution in [2.24, 2.45) is 0 Å². The minimum atomic E-state index is -0.848. The molecule has 0 aromatic heterocycles. The predicted molar refractivity (Wildman–Crippen MR) is 49.5 cm³/mol. The summed E-state index contributed by atoms with van der Waals surface area (Å²) in [6, 6.07) is 5.86. The van der Waals surface area contributed by atoms with Gasteiger partial charge in [0.15, 0.2) is 5.78 Å². The fourth-order valence-electron chi connectivity index (χ4n) is 1.40. The van der Waals surface area contributed by atoms with Crippen molar-refractivity contribution in [3.8, 4) is 0 Å². The van der Waals surface area contributed by atoms with Gasteiger partial charge in [-0.1, -0.05) is 12.1 Å². The van der Waals surface area contributed by atoms with Crippen LogP contribution in [-0.4, -0.2) is 16.5 Å². The Bertz CT molecular complexity index is 369. The van der Waals surface area contributed by atoms with Crippen molar-refractivity contribution in [3.63, 3.8) is 0 Å². The zero-order chi connectivity index (χ0) is 10.2. The van der Waals surface area contributed by atoms with Crippen molar-refractivity contribution < 1.29 is 14.3 Å². The van der Waals surface area contributed by atoms with E-state index in [1.807, 2.05) is 0 Å². The maximum Gasteiger partial charge on any atom is 0.168 e. The summed E-state index contributed by atoms with van der Waals surface area (Å²) in [4.78, 5) is 11.5. The molecule has 1 aromatic rings. The van der Waals surface area contributed by atoms with Gasteiger partial charge in [0.05, 0.1) is 11.2 Å². The number of benzene rings is 1. The second-order valence-corrected chi connectivity index (χ2v) is 3.80. The van der Waals surface area contributed by atoms with E-state index in [-0.39, 0.29) is 17.8 Å². The third-order valence-electron chi connectivity index (χ3n) is 2.49. The molecule has 74 valence electrons. The number of rotatable bonds is 3. The lowest BCUT2D eigenvalue weighted by molar-refractivity contribution is 0.0835. The van der Waals surface area contributed by atoms with Gasteiger partial charge in [-0.05, 0) is 25.0 Å². The van der Waals surface area contributed by atoms with Crippen LogP contribution in [0.1, 0.15) is 29.6 Å². The number of ketones is 1. The summed E-state index contributed by atoms with van der Waals surface area (Å²) in [5, 5.41) is 9.51. The van der Waals surface area contributed by atoms with E-state index in [0.29, 0.717) is 12.8 Å². The number of hydrogen-bond donors (Lipinski definition) is 1. The highest BCUT2D eigenvalue weighted by atomic mass is 19.1. The molecule has 0 amide bonds. The van der Waals surface area contributed by atoms with Gasteiger partial charge in [0, 0.05) is 6.42 Å². The Labute approximate surface area is 81.4 Å². The third-order valence-corrected chi connectivity index (χ3v) is 2.49. The number of halogens is 1. The molecule has 0 aliphatic heterocycles. The lowest BCUT2D eigenvalue weighted by Crippen LogP contribution is -2.15. The van der Waals surface area contributed by atoms with Crippen molar-refractivity contribution >= 4 is 5.78 Å². The van der Waals surface area contributed by atoms with Crippen molar-refractivity contribution in [1.29, 1.82) is 0 Å². The molecular weight excluding hydrogens is 183 g/mol. The molecule has 0 unspecified atom stereocenters. The topological polar surface area (TPSA) is 37.3 Å². The normalized spacial score (nSPS) is 17.9. The van der Waals surface area contributed by atoms with E-state index < -0.39 is 11.4 Å². The highest BCUT2D eigenvalue weighted by Crippen LogP contribution is 2.39. The number of Topliss-reactive ketones (excluding diaryl/α,β-unsaturated/α-hetero) is 1. The van der Waals surface area contributed by atoms with Gasteiger partial charge < -0.3 is 5.11 Å². The molecule has 0 heterocycles. The lowest BCUT2D eigenvalue weighted by atomic mass is 10.0. The molecular formula is C11H11FO2. The SMILES string of the molecule is O=C(CC1(O)CC1)c1ccccc1F.